The Hall–Kier alpha value is -0.530. The van der Waals surface area contributed by atoms with Gasteiger partial charge in [0.1, 0.15) is 6.10 Å². The molecule has 18 heavy (non-hydrogen) atoms. The number of esters is 1. The number of hydrogen-bond acceptors (Lipinski definition) is 2. The van der Waals surface area contributed by atoms with Gasteiger partial charge in [0.15, 0.2) is 0 Å². The van der Waals surface area contributed by atoms with Crippen LogP contribution in [-0.2, 0) is 9.53 Å². The Bertz CT molecular complexity index is 227. The average molecular weight is 254 g/mol. The summed E-state index contributed by atoms with van der Waals surface area (Å²) in [5.74, 6) is 1.07. The normalized spacial score (nSPS) is 18.2. The van der Waals surface area contributed by atoms with E-state index in [2.05, 4.69) is 20.8 Å². The first-order chi connectivity index (χ1) is 8.71. The molecule has 0 bridgehead atoms. The molecule has 2 heteroatoms. The molecule has 1 aliphatic carbocycles. The van der Waals surface area contributed by atoms with Gasteiger partial charge in [-0.3, -0.25) is 4.79 Å². The van der Waals surface area contributed by atoms with Crippen LogP contribution in [0.25, 0.3) is 0 Å². The molecule has 106 valence electrons. The zero-order valence-electron chi connectivity index (χ0n) is 12.4. The van der Waals surface area contributed by atoms with E-state index in [1.165, 1.54) is 32.1 Å². The zero-order chi connectivity index (χ0) is 13.4. The van der Waals surface area contributed by atoms with Crippen molar-refractivity contribution in [2.24, 2.45) is 11.8 Å². The van der Waals surface area contributed by atoms with E-state index < -0.39 is 0 Å². The minimum absolute atomic E-state index is 0.0731. The molecule has 0 heterocycles. The van der Waals surface area contributed by atoms with Crippen molar-refractivity contribution in [2.45, 2.75) is 84.7 Å². The molecule has 0 spiro atoms. The summed E-state index contributed by atoms with van der Waals surface area (Å²) in [7, 11) is 0. The molecule has 1 aliphatic rings. The van der Waals surface area contributed by atoms with Gasteiger partial charge in [-0.05, 0) is 38.0 Å². The van der Waals surface area contributed by atoms with Crippen LogP contribution in [0.4, 0.5) is 0 Å². The predicted molar refractivity (Wildman–Crippen MR) is 75.4 cm³/mol. The highest BCUT2D eigenvalue weighted by molar-refractivity contribution is 5.72. The minimum atomic E-state index is 0.0731. The van der Waals surface area contributed by atoms with Crippen LogP contribution in [0, 0.1) is 11.8 Å². The summed E-state index contributed by atoms with van der Waals surface area (Å²) in [6.45, 7) is 6.62. The molecule has 0 saturated heterocycles. The van der Waals surface area contributed by atoms with Gasteiger partial charge in [-0.2, -0.15) is 0 Å². The van der Waals surface area contributed by atoms with Crippen molar-refractivity contribution < 1.29 is 9.53 Å². The van der Waals surface area contributed by atoms with Gasteiger partial charge in [0.2, 0.25) is 0 Å². The molecule has 0 N–H and O–H groups in total. The molecule has 0 aromatic carbocycles. The van der Waals surface area contributed by atoms with E-state index in [1.807, 2.05) is 0 Å². The second-order valence-corrected chi connectivity index (χ2v) is 5.71. The standard InChI is InChI=1S/C16H30O2/c1-4-13(5-2)11-12-15(6-3)18-16(17)14-9-7-8-10-14/h13-15H,4-12H2,1-3H3. The molecular formula is C16H30O2. The zero-order valence-corrected chi connectivity index (χ0v) is 12.4. The van der Waals surface area contributed by atoms with Gasteiger partial charge in [0.25, 0.3) is 0 Å². The molecule has 0 aliphatic heterocycles. The second-order valence-electron chi connectivity index (χ2n) is 5.71. The summed E-state index contributed by atoms with van der Waals surface area (Å²) < 4.78 is 5.68. The molecule has 2 nitrogen and oxygen atoms in total. The third-order valence-electron chi connectivity index (χ3n) is 4.48. The maximum atomic E-state index is 12.0. The van der Waals surface area contributed by atoms with Gasteiger partial charge >= 0.3 is 5.97 Å². The summed E-state index contributed by atoms with van der Waals surface area (Å²) in [4.78, 5) is 12.0. The SMILES string of the molecule is CCC(CC)CCC(CC)OC(=O)C1CCCC1. The smallest absolute Gasteiger partial charge is 0.309 e. The Kier molecular flexibility index (Phi) is 7.38. The molecule has 1 unspecified atom stereocenters. The van der Waals surface area contributed by atoms with Crippen LogP contribution >= 0.6 is 0 Å². The van der Waals surface area contributed by atoms with Crippen LogP contribution in [0.5, 0.6) is 0 Å². The molecule has 1 atom stereocenters. The highest BCUT2D eigenvalue weighted by atomic mass is 16.5. The average Bonchev–Trinajstić information content (AvgIpc) is 2.92. The quantitative estimate of drug-likeness (QED) is 0.586. The molecule has 0 aromatic rings. The summed E-state index contributed by atoms with van der Waals surface area (Å²) in [6, 6.07) is 0. The topological polar surface area (TPSA) is 26.3 Å². The maximum absolute atomic E-state index is 12.0. The van der Waals surface area contributed by atoms with Crippen LogP contribution in [0.2, 0.25) is 0 Å². The van der Waals surface area contributed by atoms with Crippen molar-refractivity contribution in [2.75, 3.05) is 0 Å². The van der Waals surface area contributed by atoms with E-state index in [0.717, 1.165) is 31.6 Å². The summed E-state index contributed by atoms with van der Waals surface area (Å²) in [6.07, 6.45) is 10.3. The third-order valence-corrected chi connectivity index (χ3v) is 4.48. The van der Waals surface area contributed by atoms with Gasteiger partial charge in [0.05, 0.1) is 5.92 Å². The maximum Gasteiger partial charge on any atom is 0.309 e. The lowest BCUT2D eigenvalue weighted by atomic mass is 9.95. The molecule has 1 rings (SSSR count). The monoisotopic (exact) mass is 254 g/mol. The fourth-order valence-corrected chi connectivity index (χ4v) is 2.89. The first-order valence-corrected chi connectivity index (χ1v) is 7.91. The largest absolute Gasteiger partial charge is 0.462 e. The Morgan fingerprint density at radius 1 is 1.06 bits per heavy atom. The lowest BCUT2D eigenvalue weighted by molar-refractivity contribution is -0.154. The van der Waals surface area contributed by atoms with Crippen molar-refractivity contribution in [3.63, 3.8) is 0 Å². The fourth-order valence-electron chi connectivity index (χ4n) is 2.89. The third kappa shape index (κ3) is 4.99. The van der Waals surface area contributed by atoms with Gasteiger partial charge in [0, 0.05) is 0 Å². The highest BCUT2D eigenvalue weighted by Crippen LogP contribution is 2.27. The van der Waals surface area contributed by atoms with Crippen LogP contribution < -0.4 is 0 Å². The molecular weight excluding hydrogens is 224 g/mol. The predicted octanol–water partition coefficient (Wildman–Crippen LogP) is 4.71. The Morgan fingerprint density at radius 2 is 1.67 bits per heavy atom. The molecule has 0 radical (unpaired) electrons. The lowest BCUT2D eigenvalue weighted by Gasteiger charge is -2.21. The van der Waals surface area contributed by atoms with E-state index >= 15 is 0 Å². The summed E-state index contributed by atoms with van der Waals surface area (Å²) in [5, 5.41) is 0. The Labute approximate surface area is 112 Å². The van der Waals surface area contributed by atoms with E-state index in [0.29, 0.717) is 0 Å². The Morgan fingerprint density at radius 3 is 2.17 bits per heavy atom. The van der Waals surface area contributed by atoms with Crippen molar-refractivity contribution in [1.29, 1.82) is 0 Å². The van der Waals surface area contributed by atoms with E-state index in [4.69, 9.17) is 4.74 Å². The van der Waals surface area contributed by atoms with E-state index in [1.54, 1.807) is 0 Å². The number of ether oxygens (including phenoxy) is 1. The van der Waals surface area contributed by atoms with Crippen LogP contribution in [-0.4, -0.2) is 12.1 Å². The Balaban J connectivity index is 2.29. The molecule has 1 fully saturated rings. The van der Waals surface area contributed by atoms with Crippen molar-refractivity contribution in [3.8, 4) is 0 Å². The molecule has 1 saturated carbocycles. The summed E-state index contributed by atoms with van der Waals surface area (Å²) >= 11 is 0. The van der Waals surface area contributed by atoms with Crippen molar-refractivity contribution in [3.05, 3.63) is 0 Å². The van der Waals surface area contributed by atoms with Crippen LogP contribution in [0.1, 0.15) is 78.6 Å². The van der Waals surface area contributed by atoms with Gasteiger partial charge in [-0.25, -0.2) is 0 Å². The fraction of sp³-hybridized carbons (Fsp3) is 0.938. The number of carbonyl (C=O) groups excluding carboxylic acids is 1. The first kappa shape index (κ1) is 15.5. The lowest BCUT2D eigenvalue weighted by Crippen LogP contribution is -2.23. The highest BCUT2D eigenvalue weighted by Gasteiger charge is 2.26. The van der Waals surface area contributed by atoms with Crippen LogP contribution in [0.15, 0.2) is 0 Å². The minimum Gasteiger partial charge on any atom is -0.462 e. The van der Waals surface area contributed by atoms with Crippen LogP contribution in [0.3, 0.4) is 0 Å². The van der Waals surface area contributed by atoms with Gasteiger partial charge < -0.3 is 4.74 Å². The number of carbonyl (C=O) groups is 1. The first-order valence-electron chi connectivity index (χ1n) is 7.91. The van der Waals surface area contributed by atoms with E-state index in [-0.39, 0.29) is 18.0 Å². The number of hydrogen-bond donors (Lipinski definition) is 0. The van der Waals surface area contributed by atoms with E-state index in [9.17, 15) is 4.79 Å². The molecule has 0 aromatic heterocycles. The molecule has 0 amide bonds. The number of rotatable bonds is 8. The van der Waals surface area contributed by atoms with Crippen molar-refractivity contribution in [1.82, 2.24) is 0 Å². The summed E-state index contributed by atoms with van der Waals surface area (Å²) in [5.41, 5.74) is 0. The van der Waals surface area contributed by atoms with Crippen molar-refractivity contribution >= 4 is 5.97 Å². The second kappa shape index (κ2) is 8.55. The van der Waals surface area contributed by atoms with Gasteiger partial charge in [-0.1, -0.05) is 46.5 Å². The van der Waals surface area contributed by atoms with Gasteiger partial charge in [-0.15, -0.1) is 0 Å².